The lowest BCUT2D eigenvalue weighted by Crippen LogP contribution is -2.08. The summed E-state index contributed by atoms with van der Waals surface area (Å²) in [5.41, 5.74) is 5.12. The van der Waals surface area contributed by atoms with Crippen LogP contribution < -0.4 is 10.1 Å². The maximum absolute atomic E-state index is 12.5. The predicted molar refractivity (Wildman–Crippen MR) is 127 cm³/mol. The second-order valence-electron chi connectivity index (χ2n) is 7.34. The van der Waals surface area contributed by atoms with Crippen molar-refractivity contribution < 1.29 is 9.53 Å². The summed E-state index contributed by atoms with van der Waals surface area (Å²) in [6, 6.07) is 35.9. The number of ketones is 1. The highest BCUT2D eigenvalue weighted by molar-refractivity contribution is 5.96. The lowest BCUT2D eigenvalue weighted by atomic mass is 10.0. The first-order chi connectivity index (χ1) is 15.3. The summed E-state index contributed by atoms with van der Waals surface area (Å²) in [5.74, 6) is 0.957. The van der Waals surface area contributed by atoms with Gasteiger partial charge in [-0.3, -0.25) is 4.79 Å². The van der Waals surface area contributed by atoms with Gasteiger partial charge in [0.15, 0.2) is 5.78 Å². The van der Waals surface area contributed by atoms with E-state index in [1.807, 2.05) is 97.1 Å². The van der Waals surface area contributed by atoms with Gasteiger partial charge >= 0.3 is 0 Å². The van der Waals surface area contributed by atoms with E-state index in [1.54, 1.807) is 0 Å². The molecule has 4 aromatic rings. The van der Waals surface area contributed by atoms with Gasteiger partial charge in [0.25, 0.3) is 0 Å². The molecule has 0 aliphatic rings. The standard InChI is InChI=1S/C28H25NO2/c30-28(25-13-11-24(12-14-25)23-9-5-2-6-10-23)19-20-29-26-15-17-27(18-16-26)31-21-22-7-3-1-4-8-22/h1-18,29H,19-21H2. The largest absolute Gasteiger partial charge is 0.489 e. The molecular formula is C28H25NO2. The number of anilines is 1. The number of Topliss-reactive ketones (excluding diaryl/α,β-unsaturated/α-hetero) is 1. The van der Waals surface area contributed by atoms with E-state index >= 15 is 0 Å². The first kappa shape index (κ1) is 20.4. The van der Waals surface area contributed by atoms with Gasteiger partial charge in [-0.2, -0.15) is 0 Å². The lowest BCUT2D eigenvalue weighted by molar-refractivity contribution is 0.0986. The van der Waals surface area contributed by atoms with Crippen LogP contribution in [0.25, 0.3) is 11.1 Å². The Hall–Kier alpha value is -3.85. The molecular weight excluding hydrogens is 382 g/mol. The quantitative estimate of drug-likeness (QED) is 0.317. The van der Waals surface area contributed by atoms with E-state index in [0.717, 1.165) is 33.7 Å². The highest BCUT2D eigenvalue weighted by Gasteiger charge is 2.06. The van der Waals surface area contributed by atoms with E-state index in [9.17, 15) is 4.79 Å². The third-order valence-corrected chi connectivity index (χ3v) is 5.10. The molecule has 0 heterocycles. The number of hydrogen-bond acceptors (Lipinski definition) is 3. The van der Waals surface area contributed by atoms with Crippen LogP contribution in [-0.2, 0) is 6.61 Å². The molecule has 0 radical (unpaired) electrons. The SMILES string of the molecule is O=C(CCNc1ccc(OCc2ccccc2)cc1)c1ccc(-c2ccccc2)cc1. The summed E-state index contributed by atoms with van der Waals surface area (Å²) in [7, 11) is 0. The van der Waals surface area contributed by atoms with Crippen LogP contribution in [0, 0.1) is 0 Å². The van der Waals surface area contributed by atoms with Crippen molar-refractivity contribution >= 4 is 11.5 Å². The van der Waals surface area contributed by atoms with Crippen molar-refractivity contribution in [3.05, 3.63) is 120 Å². The number of carbonyl (C=O) groups excluding carboxylic acids is 1. The minimum atomic E-state index is 0.134. The molecule has 3 heteroatoms. The number of rotatable bonds is 9. The lowest BCUT2D eigenvalue weighted by Gasteiger charge is -2.09. The van der Waals surface area contributed by atoms with Crippen molar-refractivity contribution in [3.63, 3.8) is 0 Å². The van der Waals surface area contributed by atoms with Crippen LogP contribution in [0.5, 0.6) is 5.75 Å². The molecule has 0 aliphatic heterocycles. The maximum atomic E-state index is 12.5. The third-order valence-electron chi connectivity index (χ3n) is 5.10. The van der Waals surface area contributed by atoms with Crippen LogP contribution in [0.15, 0.2) is 109 Å². The van der Waals surface area contributed by atoms with Crippen molar-refractivity contribution in [2.75, 3.05) is 11.9 Å². The predicted octanol–water partition coefficient (Wildman–Crippen LogP) is 6.62. The van der Waals surface area contributed by atoms with Gasteiger partial charge in [0, 0.05) is 24.2 Å². The number of nitrogens with one attached hydrogen (secondary N) is 1. The van der Waals surface area contributed by atoms with Gasteiger partial charge in [-0.25, -0.2) is 0 Å². The normalized spacial score (nSPS) is 10.5. The Morgan fingerprint density at radius 1 is 0.677 bits per heavy atom. The molecule has 0 aromatic heterocycles. The fraction of sp³-hybridized carbons (Fsp3) is 0.107. The Morgan fingerprint density at radius 2 is 1.29 bits per heavy atom. The molecule has 0 fully saturated rings. The van der Waals surface area contributed by atoms with Crippen molar-refractivity contribution in [1.82, 2.24) is 0 Å². The van der Waals surface area contributed by atoms with Crippen molar-refractivity contribution in [2.24, 2.45) is 0 Å². The fourth-order valence-electron chi connectivity index (χ4n) is 3.35. The molecule has 31 heavy (non-hydrogen) atoms. The molecule has 1 N–H and O–H groups in total. The summed E-state index contributed by atoms with van der Waals surface area (Å²) >= 11 is 0. The number of ether oxygens (including phenoxy) is 1. The Kier molecular flexibility index (Phi) is 6.76. The van der Waals surface area contributed by atoms with E-state index in [1.165, 1.54) is 0 Å². The van der Waals surface area contributed by atoms with Gasteiger partial charge in [-0.1, -0.05) is 84.9 Å². The second-order valence-corrected chi connectivity index (χ2v) is 7.34. The minimum absolute atomic E-state index is 0.134. The highest BCUT2D eigenvalue weighted by atomic mass is 16.5. The average molecular weight is 408 g/mol. The summed E-state index contributed by atoms with van der Waals surface area (Å²) in [4.78, 5) is 12.5. The Balaban J connectivity index is 1.24. The van der Waals surface area contributed by atoms with E-state index < -0.39 is 0 Å². The molecule has 0 spiro atoms. The topological polar surface area (TPSA) is 38.3 Å². The van der Waals surface area contributed by atoms with E-state index in [0.29, 0.717) is 19.6 Å². The highest BCUT2D eigenvalue weighted by Crippen LogP contribution is 2.20. The fourth-order valence-corrected chi connectivity index (χ4v) is 3.35. The van der Waals surface area contributed by atoms with Gasteiger partial charge < -0.3 is 10.1 Å². The molecule has 0 atom stereocenters. The van der Waals surface area contributed by atoms with Gasteiger partial charge in [0.1, 0.15) is 12.4 Å². The van der Waals surface area contributed by atoms with E-state index in [4.69, 9.17) is 4.74 Å². The third kappa shape index (κ3) is 5.83. The van der Waals surface area contributed by atoms with E-state index in [2.05, 4.69) is 17.4 Å². The maximum Gasteiger partial charge on any atom is 0.164 e. The monoisotopic (exact) mass is 407 g/mol. The van der Waals surface area contributed by atoms with Crippen molar-refractivity contribution in [3.8, 4) is 16.9 Å². The molecule has 0 saturated carbocycles. The molecule has 4 aromatic carbocycles. The first-order valence-corrected chi connectivity index (χ1v) is 10.5. The van der Waals surface area contributed by atoms with Gasteiger partial charge in [0.2, 0.25) is 0 Å². The van der Waals surface area contributed by atoms with Crippen LogP contribution >= 0.6 is 0 Å². The molecule has 0 saturated heterocycles. The molecule has 0 bridgehead atoms. The zero-order chi connectivity index (χ0) is 21.3. The summed E-state index contributed by atoms with van der Waals surface area (Å²) in [6.45, 7) is 1.13. The van der Waals surface area contributed by atoms with Crippen LogP contribution in [-0.4, -0.2) is 12.3 Å². The Bertz CT molecular complexity index is 1090. The van der Waals surface area contributed by atoms with Gasteiger partial charge in [0.05, 0.1) is 0 Å². The molecule has 3 nitrogen and oxygen atoms in total. The summed E-state index contributed by atoms with van der Waals surface area (Å²) in [6.07, 6.45) is 0.441. The molecule has 154 valence electrons. The minimum Gasteiger partial charge on any atom is -0.489 e. The van der Waals surface area contributed by atoms with Crippen molar-refractivity contribution in [2.45, 2.75) is 13.0 Å². The molecule has 0 unspecified atom stereocenters. The number of benzene rings is 4. The molecule has 0 amide bonds. The molecule has 0 aliphatic carbocycles. The first-order valence-electron chi connectivity index (χ1n) is 10.5. The smallest absolute Gasteiger partial charge is 0.164 e. The Morgan fingerprint density at radius 3 is 1.97 bits per heavy atom. The van der Waals surface area contributed by atoms with E-state index in [-0.39, 0.29) is 5.78 Å². The molecule has 4 rings (SSSR count). The van der Waals surface area contributed by atoms with Crippen LogP contribution in [0.4, 0.5) is 5.69 Å². The van der Waals surface area contributed by atoms with Gasteiger partial charge in [-0.15, -0.1) is 0 Å². The summed E-state index contributed by atoms with van der Waals surface area (Å²) in [5, 5.41) is 3.31. The number of carbonyl (C=O) groups is 1. The van der Waals surface area contributed by atoms with Gasteiger partial charge in [-0.05, 0) is 41.0 Å². The zero-order valence-electron chi connectivity index (χ0n) is 17.3. The summed E-state index contributed by atoms with van der Waals surface area (Å²) < 4.78 is 5.81. The van der Waals surface area contributed by atoms with Crippen LogP contribution in [0.1, 0.15) is 22.3 Å². The van der Waals surface area contributed by atoms with Crippen molar-refractivity contribution in [1.29, 1.82) is 0 Å². The second kappa shape index (κ2) is 10.3. The van der Waals surface area contributed by atoms with Crippen LogP contribution in [0.2, 0.25) is 0 Å². The number of hydrogen-bond donors (Lipinski definition) is 1. The average Bonchev–Trinajstić information content (AvgIpc) is 2.85. The van der Waals surface area contributed by atoms with Crippen LogP contribution in [0.3, 0.4) is 0 Å². The zero-order valence-corrected chi connectivity index (χ0v) is 17.3. The Labute approximate surface area is 183 Å².